The lowest BCUT2D eigenvalue weighted by Crippen LogP contribution is -2.09. The van der Waals surface area contributed by atoms with Crippen LogP contribution in [0.5, 0.6) is 11.6 Å². The lowest BCUT2D eigenvalue weighted by molar-refractivity contribution is -0.133. The predicted octanol–water partition coefficient (Wildman–Crippen LogP) is 3.53. The van der Waals surface area contributed by atoms with Gasteiger partial charge in [-0.1, -0.05) is 36.4 Å². The summed E-state index contributed by atoms with van der Waals surface area (Å²) in [5.41, 5.74) is 2.96. The number of ether oxygens (including phenoxy) is 3. The first kappa shape index (κ1) is 20.0. The van der Waals surface area contributed by atoms with Gasteiger partial charge in [-0.05, 0) is 23.3 Å². The van der Waals surface area contributed by atoms with Gasteiger partial charge in [0, 0.05) is 18.7 Å². The molecule has 0 bridgehead atoms. The molecular formula is C22H22N2O5. The molecule has 7 heteroatoms. The highest BCUT2D eigenvalue weighted by Gasteiger charge is 2.18. The van der Waals surface area contributed by atoms with Gasteiger partial charge in [-0.25, -0.2) is 9.48 Å². The van der Waals surface area contributed by atoms with Crippen molar-refractivity contribution in [2.45, 2.75) is 6.61 Å². The Morgan fingerprint density at radius 2 is 1.86 bits per heavy atom. The van der Waals surface area contributed by atoms with Gasteiger partial charge in [0.25, 0.3) is 0 Å². The molecule has 0 saturated carbocycles. The summed E-state index contributed by atoms with van der Waals surface area (Å²) < 4.78 is 17.4. The van der Waals surface area contributed by atoms with Gasteiger partial charge in [-0.3, -0.25) is 0 Å². The third kappa shape index (κ3) is 4.40. The molecule has 0 saturated heterocycles. The summed E-state index contributed by atoms with van der Waals surface area (Å²) in [4.78, 5) is 12.1. The number of phenols is 1. The quantitative estimate of drug-likeness (QED) is 0.375. The zero-order valence-corrected chi connectivity index (χ0v) is 16.5. The molecule has 3 rings (SSSR count). The first-order valence-corrected chi connectivity index (χ1v) is 8.90. The van der Waals surface area contributed by atoms with E-state index in [1.165, 1.54) is 20.5 Å². The number of aryl methyl sites for hydroxylation is 1. The number of aromatic hydroxyl groups is 1. The number of methoxy groups -OCH3 is 2. The van der Waals surface area contributed by atoms with Gasteiger partial charge in [0.15, 0.2) is 0 Å². The van der Waals surface area contributed by atoms with Crippen molar-refractivity contribution >= 4 is 11.5 Å². The molecule has 2 aromatic carbocycles. The van der Waals surface area contributed by atoms with Gasteiger partial charge >= 0.3 is 5.97 Å². The second-order valence-electron chi connectivity index (χ2n) is 6.21. The Hall–Kier alpha value is -3.74. The monoisotopic (exact) mass is 394 g/mol. The average molecular weight is 394 g/mol. The molecule has 3 aromatic rings. The van der Waals surface area contributed by atoms with Crippen molar-refractivity contribution in [1.29, 1.82) is 0 Å². The number of benzene rings is 2. The summed E-state index contributed by atoms with van der Waals surface area (Å²) in [5.74, 6) is 0.171. The Labute approximate surface area is 168 Å². The van der Waals surface area contributed by atoms with Crippen molar-refractivity contribution in [3.63, 3.8) is 0 Å². The van der Waals surface area contributed by atoms with Crippen molar-refractivity contribution in [2.24, 2.45) is 7.05 Å². The normalized spacial score (nSPS) is 11.2. The molecule has 0 aliphatic rings. The van der Waals surface area contributed by atoms with E-state index in [1.54, 1.807) is 42.1 Å². The van der Waals surface area contributed by atoms with Crippen LogP contribution in [0.3, 0.4) is 0 Å². The minimum Gasteiger partial charge on any atom is -0.507 e. The minimum absolute atomic E-state index is 0.148. The Morgan fingerprint density at radius 1 is 1.14 bits per heavy atom. The van der Waals surface area contributed by atoms with E-state index in [2.05, 4.69) is 5.10 Å². The SMILES string of the molecule is CO/C=C(/C(=O)OC)c1ccccc1COc1cc(-c2ccccc2O)nn1C. The lowest BCUT2D eigenvalue weighted by Gasteiger charge is -2.12. The number of hydrogen-bond donors (Lipinski definition) is 1. The minimum atomic E-state index is -0.498. The molecule has 0 fully saturated rings. The number of nitrogens with zero attached hydrogens (tertiary/aromatic N) is 2. The van der Waals surface area contributed by atoms with Crippen LogP contribution in [0.1, 0.15) is 11.1 Å². The third-order valence-electron chi connectivity index (χ3n) is 4.34. The fourth-order valence-electron chi connectivity index (χ4n) is 2.92. The van der Waals surface area contributed by atoms with E-state index in [0.717, 1.165) is 5.56 Å². The van der Waals surface area contributed by atoms with Crippen molar-refractivity contribution in [2.75, 3.05) is 14.2 Å². The Balaban J connectivity index is 1.86. The molecule has 0 aliphatic heterocycles. The van der Waals surface area contributed by atoms with E-state index in [4.69, 9.17) is 14.2 Å². The van der Waals surface area contributed by atoms with Crippen LogP contribution in [-0.4, -0.2) is 35.1 Å². The van der Waals surface area contributed by atoms with E-state index in [1.807, 2.05) is 24.3 Å². The number of carbonyl (C=O) groups excluding carboxylic acids is 1. The highest BCUT2D eigenvalue weighted by atomic mass is 16.5. The molecule has 0 spiro atoms. The maximum absolute atomic E-state index is 12.1. The number of carbonyl (C=O) groups is 1. The highest BCUT2D eigenvalue weighted by molar-refractivity contribution is 6.16. The Morgan fingerprint density at radius 3 is 2.59 bits per heavy atom. The van der Waals surface area contributed by atoms with Crippen molar-refractivity contribution in [1.82, 2.24) is 9.78 Å². The third-order valence-corrected chi connectivity index (χ3v) is 4.34. The molecule has 0 radical (unpaired) electrons. The number of rotatable bonds is 7. The fraction of sp³-hybridized carbons (Fsp3) is 0.182. The molecule has 0 amide bonds. The largest absolute Gasteiger partial charge is 0.507 e. The zero-order valence-electron chi connectivity index (χ0n) is 16.5. The number of esters is 1. The Bertz CT molecular complexity index is 1040. The molecule has 1 N–H and O–H groups in total. The maximum Gasteiger partial charge on any atom is 0.341 e. The van der Waals surface area contributed by atoms with Gasteiger partial charge in [0.1, 0.15) is 17.9 Å². The molecular weight excluding hydrogens is 372 g/mol. The standard InChI is InChI=1S/C22H22N2O5/c1-24-21(12-19(23-24)17-10-6-7-11-20(17)25)29-13-15-8-4-5-9-16(15)18(14-27-2)22(26)28-3/h4-12,14,25H,13H2,1-3H3/b18-14+. The second kappa shape index (κ2) is 8.97. The summed E-state index contributed by atoms with van der Waals surface area (Å²) in [6, 6.07) is 16.1. The first-order chi connectivity index (χ1) is 14.0. The van der Waals surface area contributed by atoms with Crippen LogP contribution in [-0.2, 0) is 27.9 Å². The van der Waals surface area contributed by atoms with E-state index in [-0.39, 0.29) is 12.4 Å². The van der Waals surface area contributed by atoms with Crippen LogP contribution < -0.4 is 4.74 Å². The molecule has 0 unspecified atom stereocenters. The van der Waals surface area contributed by atoms with Crippen molar-refractivity contribution in [3.8, 4) is 22.9 Å². The summed E-state index contributed by atoms with van der Waals surface area (Å²) in [5, 5.41) is 14.5. The molecule has 7 nitrogen and oxygen atoms in total. The van der Waals surface area contributed by atoms with Crippen LogP contribution in [0.2, 0.25) is 0 Å². The van der Waals surface area contributed by atoms with Crippen LogP contribution >= 0.6 is 0 Å². The van der Waals surface area contributed by atoms with E-state index in [9.17, 15) is 9.90 Å². The molecule has 0 aliphatic carbocycles. The van der Waals surface area contributed by atoms with Gasteiger partial charge in [0.05, 0.1) is 26.2 Å². The summed E-state index contributed by atoms with van der Waals surface area (Å²) >= 11 is 0. The highest BCUT2D eigenvalue weighted by Crippen LogP contribution is 2.30. The molecule has 0 atom stereocenters. The topological polar surface area (TPSA) is 82.8 Å². The molecule has 29 heavy (non-hydrogen) atoms. The predicted molar refractivity (Wildman–Crippen MR) is 108 cm³/mol. The summed E-state index contributed by atoms with van der Waals surface area (Å²) in [7, 11) is 4.55. The van der Waals surface area contributed by atoms with Crippen LogP contribution in [0.15, 0.2) is 60.9 Å². The van der Waals surface area contributed by atoms with Crippen LogP contribution in [0.4, 0.5) is 0 Å². The van der Waals surface area contributed by atoms with Crippen molar-refractivity contribution < 1.29 is 24.1 Å². The van der Waals surface area contributed by atoms with Gasteiger partial charge in [0.2, 0.25) is 5.88 Å². The molecule has 150 valence electrons. The smallest absolute Gasteiger partial charge is 0.341 e. The fourth-order valence-corrected chi connectivity index (χ4v) is 2.92. The first-order valence-electron chi connectivity index (χ1n) is 8.90. The number of para-hydroxylation sites is 1. The average Bonchev–Trinajstić information content (AvgIpc) is 3.11. The van der Waals surface area contributed by atoms with E-state index >= 15 is 0 Å². The van der Waals surface area contributed by atoms with E-state index < -0.39 is 5.97 Å². The summed E-state index contributed by atoms with van der Waals surface area (Å²) in [6.45, 7) is 0.202. The number of hydrogen-bond acceptors (Lipinski definition) is 6. The van der Waals surface area contributed by atoms with Crippen LogP contribution in [0, 0.1) is 0 Å². The van der Waals surface area contributed by atoms with Crippen LogP contribution in [0.25, 0.3) is 16.8 Å². The summed E-state index contributed by atoms with van der Waals surface area (Å²) in [6.07, 6.45) is 1.35. The van der Waals surface area contributed by atoms with Gasteiger partial charge in [-0.2, -0.15) is 5.10 Å². The lowest BCUT2D eigenvalue weighted by atomic mass is 10.0. The number of aromatic nitrogens is 2. The zero-order chi connectivity index (χ0) is 20.8. The molecule has 1 aromatic heterocycles. The van der Waals surface area contributed by atoms with E-state index in [0.29, 0.717) is 28.3 Å². The maximum atomic E-state index is 12.1. The second-order valence-corrected chi connectivity index (χ2v) is 6.21. The van der Waals surface area contributed by atoms with Crippen molar-refractivity contribution in [3.05, 3.63) is 72.0 Å². The Kier molecular flexibility index (Phi) is 6.19. The van der Waals surface area contributed by atoms with Gasteiger partial charge < -0.3 is 19.3 Å². The van der Waals surface area contributed by atoms with Gasteiger partial charge in [-0.15, -0.1) is 0 Å². The molecule has 1 heterocycles. The number of phenolic OH excluding ortho intramolecular Hbond substituents is 1.